The SMILES string of the molecule is CC=C1c2cccc3[n+]2C1(CC)CCc1ccccc1-3. The van der Waals surface area contributed by atoms with E-state index < -0.39 is 0 Å². The number of rotatable bonds is 1. The number of pyridine rings is 1. The minimum Gasteiger partial charge on any atom is -0.181 e. The Bertz CT molecular complexity index is 726. The number of aromatic nitrogens is 1. The van der Waals surface area contributed by atoms with Gasteiger partial charge in [0, 0.05) is 30.5 Å². The van der Waals surface area contributed by atoms with Gasteiger partial charge >= 0.3 is 0 Å². The first-order chi connectivity index (χ1) is 9.81. The molecule has 2 aliphatic heterocycles. The molecule has 0 N–H and O–H groups in total. The van der Waals surface area contributed by atoms with Crippen LogP contribution in [0.25, 0.3) is 16.8 Å². The number of benzene rings is 1. The molecule has 0 saturated heterocycles. The molecule has 20 heavy (non-hydrogen) atoms. The van der Waals surface area contributed by atoms with Gasteiger partial charge in [-0.25, -0.2) is 0 Å². The molecule has 1 aromatic heterocycles. The van der Waals surface area contributed by atoms with E-state index in [2.05, 4.69) is 67.0 Å². The van der Waals surface area contributed by atoms with Gasteiger partial charge in [0.1, 0.15) is 0 Å². The van der Waals surface area contributed by atoms with Crippen LogP contribution in [0.1, 0.15) is 37.9 Å². The van der Waals surface area contributed by atoms with Crippen molar-refractivity contribution in [3.8, 4) is 11.3 Å². The zero-order chi connectivity index (χ0) is 13.7. The van der Waals surface area contributed by atoms with Crippen LogP contribution in [0.2, 0.25) is 0 Å². The highest BCUT2D eigenvalue weighted by molar-refractivity contribution is 5.74. The molecule has 1 nitrogen and oxygen atoms in total. The molecule has 0 fully saturated rings. The molecule has 1 unspecified atom stereocenters. The lowest BCUT2D eigenvalue weighted by Gasteiger charge is -2.38. The normalized spacial score (nSPS) is 24.6. The minimum absolute atomic E-state index is 0.222. The van der Waals surface area contributed by atoms with Gasteiger partial charge in [0.05, 0.1) is 5.57 Å². The summed E-state index contributed by atoms with van der Waals surface area (Å²) in [6.45, 7) is 4.51. The van der Waals surface area contributed by atoms with Crippen LogP contribution in [0.4, 0.5) is 0 Å². The molecule has 1 heteroatoms. The van der Waals surface area contributed by atoms with Gasteiger partial charge in [-0.3, -0.25) is 0 Å². The minimum atomic E-state index is 0.222. The summed E-state index contributed by atoms with van der Waals surface area (Å²) in [5.74, 6) is 0. The van der Waals surface area contributed by atoms with E-state index in [1.807, 2.05) is 0 Å². The number of hydrogen-bond acceptors (Lipinski definition) is 0. The smallest absolute Gasteiger partial charge is 0.181 e. The molecule has 0 bridgehead atoms. The quantitative estimate of drug-likeness (QED) is 0.681. The van der Waals surface area contributed by atoms with Crippen molar-refractivity contribution in [3.63, 3.8) is 0 Å². The molecular formula is C19H20N+. The van der Waals surface area contributed by atoms with Crippen LogP contribution in [-0.2, 0) is 12.0 Å². The van der Waals surface area contributed by atoms with Crippen LogP contribution in [0.5, 0.6) is 0 Å². The van der Waals surface area contributed by atoms with E-state index in [0.717, 1.165) is 0 Å². The number of hydrogen-bond donors (Lipinski definition) is 0. The van der Waals surface area contributed by atoms with Gasteiger partial charge in [0.15, 0.2) is 0 Å². The fourth-order valence-electron chi connectivity index (χ4n) is 4.21. The van der Waals surface area contributed by atoms with Crippen molar-refractivity contribution in [1.82, 2.24) is 0 Å². The van der Waals surface area contributed by atoms with Crippen LogP contribution in [0.15, 0.2) is 48.5 Å². The van der Waals surface area contributed by atoms with Gasteiger partial charge in [0.25, 0.3) is 0 Å². The molecule has 4 rings (SSSR count). The Morgan fingerprint density at radius 2 is 1.90 bits per heavy atom. The largest absolute Gasteiger partial charge is 0.216 e. The third-order valence-corrected chi connectivity index (χ3v) is 5.17. The Kier molecular flexibility index (Phi) is 2.41. The molecular weight excluding hydrogens is 242 g/mol. The third-order valence-electron chi connectivity index (χ3n) is 5.17. The number of nitrogens with zero attached hydrogens (tertiary/aromatic N) is 1. The molecule has 0 aliphatic carbocycles. The number of fused-ring (bicyclic) bond motifs is 2. The summed E-state index contributed by atoms with van der Waals surface area (Å²) in [7, 11) is 0. The maximum atomic E-state index is 2.59. The molecule has 3 heterocycles. The topological polar surface area (TPSA) is 3.88 Å². The Morgan fingerprint density at radius 1 is 1.10 bits per heavy atom. The lowest BCUT2D eigenvalue weighted by Crippen LogP contribution is -2.68. The van der Waals surface area contributed by atoms with Crippen molar-refractivity contribution in [3.05, 3.63) is 59.8 Å². The van der Waals surface area contributed by atoms with Crippen molar-refractivity contribution in [2.45, 2.75) is 38.6 Å². The molecule has 2 aliphatic rings. The van der Waals surface area contributed by atoms with Gasteiger partial charge in [-0.1, -0.05) is 31.2 Å². The predicted molar refractivity (Wildman–Crippen MR) is 82.3 cm³/mol. The third kappa shape index (κ3) is 1.26. The van der Waals surface area contributed by atoms with Gasteiger partial charge in [-0.15, -0.1) is 0 Å². The Labute approximate surface area is 120 Å². The lowest BCUT2D eigenvalue weighted by atomic mass is 9.73. The van der Waals surface area contributed by atoms with Crippen LogP contribution in [0.3, 0.4) is 0 Å². The average Bonchev–Trinajstić information content (AvgIpc) is 2.62. The second-order valence-corrected chi connectivity index (χ2v) is 5.88. The Morgan fingerprint density at radius 3 is 2.70 bits per heavy atom. The van der Waals surface area contributed by atoms with E-state index in [-0.39, 0.29) is 5.54 Å². The zero-order valence-corrected chi connectivity index (χ0v) is 12.2. The van der Waals surface area contributed by atoms with E-state index in [9.17, 15) is 0 Å². The van der Waals surface area contributed by atoms with Crippen molar-refractivity contribution in [1.29, 1.82) is 0 Å². The number of allylic oxidation sites excluding steroid dienone is 2. The monoisotopic (exact) mass is 262 g/mol. The Hall–Kier alpha value is -1.89. The fraction of sp³-hybridized carbons (Fsp3) is 0.316. The maximum Gasteiger partial charge on any atom is 0.216 e. The first-order valence-electron chi connectivity index (χ1n) is 7.63. The highest BCUT2D eigenvalue weighted by Crippen LogP contribution is 2.47. The first-order valence-corrected chi connectivity index (χ1v) is 7.63. The van der Waals surface area contributed by atoms with Crippen LogP contribution >= 0.6 is 0 Å². The molecule has 0 saturated carbocycles. The van der Waals surface area contributed by atoms with Crippen molar-refractivity contribution in [2.75, 3.05) is 0 Å². The van der Waals surface area contributed by atoms with Gasteiger partial charge in [-0.2, -0.15) is 4.57 Å². The van der Waals surface area contributed by atoms with E-state index in [4.69, 9.17) is 0 Å². The molecule has 1 aromatic carbocycles. The summed E-state index contributed by atoms with van der Waals surface area (Å²) in [4.78, 5) is 0. The van der Waals surface area contributed by atoms with Gasteiger partial charge in [0.2, 0.25) is 16.9 Å². The second kappa shape index (κ2) is 4.05. The predicted octanol–water partition coefficient (Wildman–Crippen LogP) is 4.11. The summed E-state index contributed by atoms with van der Waals surface area (Å²) in [5, 5.41) is 0. The summed E-state index contributed by atoms with van der Waals surface area (Å²) >= 11 is 0. The van der Waals surface area contributed by atoms with Gasteiger partial charge in [-0.05, 0) is 31.0 Å². The van der Waals surface area contributed by atoms with Crippen molar-refractivity contribution in [2.24, 2.45) is 0 Å². The molecule has 100 valence electrons. The summed E-state index contributed by atoms with van der Waals surface area (Å²) in [6.07, 6.45) is 5.88. The standard InChI is InChI=1S/C19H20N/c1-3-16-18-11-7-10-17-15-9-6-5-8-14(15)12-13-19(16,4-2)20(17)18/h3,5-11H,4,12-13H2,1-2H3/q+1. The zero-order valence-electron chi connectivity index (χ0n) is 12.2. The first kappa shape index (κ1) is 11.9. The van der Waals surface area contributed by atoms with E-state index in [0.29, 0.717) is 0 Å². The highest BCUT2D eigenvalue weighted by Gasteiger charge is 2.57. The summed E-state index contributed by atoms with van der Waals surface area (Å²) < 4.78 is 2.59. The van der Waals surface area contributed by atoms with Crippen molar-refractivity contribution < 1.29 is 4.57 Å². The maximum absolute atomic E-state index is 2.59. The number of aryl methyl sites for hydroxylation is 1. The van der Waals surface area contributed by atoms with Crippen LogP contribution in [0, 0.1) is 0 Å². The molecule has 0 spiro atoms. The fourth-order valence-corrected chi connectivity index (χ4v) is 4.21. The van der Waals surface area contributed by atoms with E-state index in [1.54, 1.807) is 0 Å². The van der Waals surface area contributed by atoms with Crippen LogP contribution < -0.4 is 4.57 Å². The van der Waals surface area contributed by atoms with E-state index in [1.165, 1.54) is 47.4 Å². The summed E-state index contributed by atoms with van der Waals surface area (Å²) in [5.41, 5.74) is 7.46. The molecule has 0 amide bonds. The molecule has 1 atom stereocenters. The summed E-state index contributed by atoms with van der Waals surface area (Å²) in [6, 6.07) is 15.6. The Balaban J connectivity index is 2.07. The lowest BCUT2D eigenvalue weighted by molar-refractivity contribution is -0.768. The average molecular weight is 262 g/mol. The van der Waals surface area contributed by atoms with Crippen LogP contribution in [-0.4, -0.2) is 0 Å². The van der Waals surface area contributed by atoms with Crippen molar-refractivity contribution >= 4 is 5.57 Å². The van der Waals surface area contributed by atoms with Gasteiger partial charge < -0.3 is 0 Å². The highest BCUT2D eigenvalue weighted by atomic mass is 15.1. The second-order valence-electron chi connectivity index (χ2n) is 5.88. The molecule has 2 aromatic rings. The molecule has 0 radical (unpaired) electrons. The van der Waals surface area contributed by atoms with E-state index >= 15 is 0 Å².